The maximum absolute atomic E-state index is 12.9. The molecule has 0 atom stereocenters. The molecule has 0 aliphatic carbocycles. The molecule has 0 aliphatic rings. The van der Waals surface area contributed by atoms with E-state index in [0.717, 1.165) is 42.7 Å². The lowest BCUT2D eigenvalue weighted by atomic mass is 10.0. The van der Waals surface area contributed by atoms with Crippen molar-refractivity contribution in [3.63, 3.8) is 0 Å². The number of ether oxygens (including phenoxy) is 2. The summed E-state index contributed by atoms with van der Waals surface area (Å²) < 4.78 is 12.5. The Morgan fingerprint density at radius 3 is 2.14 bits per heavy atom. The zero-order valence-corrected chi connectivity index (χ0v) is 20.9. The van der Waals surface area contributed by atoms with Crippen molar-refractivity contribution in [2.24, 2.45) is 0 Å². The Morgan fingerprint density at radius 1 is 0.857 bits per heavy atom. The molecule has 0 N–H and O–H groups in total. The Morgan fingerprint density at radius 2 is 1.51 bits per heavy atom. The molecule has 35 heavy (non-hydrogen) atoms. The summed E-state index contributed by atoms with van der Waals surface area (Å²) in [6.07, 6.45) is 14.8. The van der Waals surface area contributed by atoms with E-state index < -0.39 is 0 Å². The van der Waals surface area contributed by atoms with Crippen LogP contribution >= 0.6 is 0 Å². The summed E-state index contributed by atoms with van der Waals surface area (Å²) in [4.78, 5) is 28.0. The highest BCUT2D eigenvalue weighted by Gasteiger charge is 2.11. The first-order valence-electron chi connectivity index (χ1n) is 12.5. The van der Waals surface area contributed by atoms with Gasteiger partial charge in [0.2, 0.25) is 0 Å². The summed E-state index contributed by atoms with van der Waals surface area (Å²) in [7, 11) is 1.44. The SMILES string of the molecule is COC(=O)CCCCCCCCCCOc1ccc(C(=O)c2ccc(-n3ccnc3)cc2)cc1C. The Hall–Kier alpha value is -3.41. The minimum absolute atomic E-state index is 0.00197. The van der Waals surface area contributed by atoms with E-state index in [4.69, 9.17) is 4.74 Å². The fourth-order valence-corrected chi connectivity index (χ4v) is 4.03. The minimum atomic E-state index is -0.113. The number of aromatic nitrogens is 2. The van der Waals surface area contributed by atoms with Gasteiger partial charge in [0.15, 0.2) is 5.78 Å². The van der Waals surface area contributed by atoms with Crippen LogP contribution in [-0.4, -0.2) is 35.0 Å². The van der Waals surface area contributed by atoms with Crippen molar-refractivity contribution in [1.82, 2.24) is 9.55 Å². The van der Waals surface area contributed by atoms with Crippen LogP contribution in [0, 0.1) is 6.92 Å². The summed E-state index contributed by atoms with van der Waals surface area (Å²) in [5.74, 6) is 0.725. The normalized spacial score (nSPS) is 10.8. The number of nitrogens with zero attached hydrogens (tertiary/aromatic N) is 2. The molecule has 186 valence electrons. The van der Waals surface area contributed by atoms with Crippen LogP contribution in [0.3, 0.4) is 0 Å². The van der Waals surface area contributed by atoms with Crippen molar-refractivity contribution >= 4 is 11.8 Å². The third-order valence-electron chi connectivity index (χ3n) is 6.13. The van der Waals surface area contributed by atoms with Gasteiger partial charge in [0.05, 0.1) is 20.0 Å². The average molecular weight is 477 g/mol. The number of methoxy groups -OCH3 is 1. The molecule has 3 rings (SSSR count). The van der Waals surface area contributed by atoms with E-state index in [1.165, 1.54) is 32.8 Å². The lowest BCUT2D eigenvalue weighted by Gasteiger charge is -2.11. The van der Waals surface area contributed by atoms with Crippen LogP contribution in [0.15, 0.2) is 61.2 Å². The number of unbranched alkanes of at least 4 members (excludes halogenated alkanes) is 7. The van der Waals surface area contributed by atoms with Crippen molar-refractivity contribution in [3.8, 4) is 11.4 Å². The van der Waals surface area contributed by atoms with Crippen LogP contribution < -0.4 is 4.74 Å². The predicted molar refractivity (Wildman–Crippen MR) is 137 cm³/mol. The standard InChI is InChI=1S/C29H36N2O4/c1-23-21-25(29(33)24-12-15-26(16-13-24)31-19-18-30-22-31)14-17-27(23)35-20-10-8-6-4-3-5-7-9-11-28(32)34-2/h12-19,21-22H,3-11,20H2,1-2H3. The molecule has 0 bridgehead atoms. The van der Waals surface area contributed by atoms with Crippen molar-refractivity contribution in [1.29, 1.82) is 0 Å². The van der Waals surface area contributed by atoms with Gasteiger partial charge in [-0.2, -0.15) is 0 Å². The van der Waals surface area contributed by atoms with Crippen LogP contribution in [0.5, 0.6) is 5.75 Å². The molecule has 6 nitrogen and oxygen atoms in total. The van der Waals surface area contributed by atoms with Gasteiger partial charge in [-0.3, -0.25) is 9.59 Å². The number of ketones is 1. The number of hydrogen-bond acceptors (Lipinski definition) is 5. The fourth-order valence-electron chi connectivity index (χ4n) is 4.03. The van der Waals surface area contributed by atoms with Crippen LogP contribution in [0.1, 0.15) is 79.3 Å². The second-order valence-electron chi connectivity index (χ2n) is 8.83. The molecule has 6 heteroatoms. The lowest BCUT2D eigenvalue weighted by molar-refractivity contribution is -0.140. The molecule has 1 aromatic heterocycles. The number of esters is 1. The van der Waals surface area contributed by atoms with E-state index in [-0.39, 0.29) is 11.8 Å². The third-order valence-corrected chi connectivity index (χ3v) is 6.13. The highest BCUT2D eigenvalue weighted by Crippen LogP contribution is 2.22. The molecule has 1 heterocycles. The maximum atomic E-state index is 12.9. The number of imidazole rings is 1. The Balaban J connectivity index is 1.34. The summed E-state index contributed by atoms with van der Waals surface area (Å²) in [5, 5.41) is 0. The van der Waals surface area contributed by atoms with E-state index in [0.29, 0.717) is 24.2 Å². The van der Waals surface area contributed by atoms with Crippen molar-refractivity contribution in [2.45, 2.75) is 64.7 Å². The van der Waals surface area contributed by atoms with Gasteiger partial charge in [0.1, 0.15) is 5.75 Å². The summed E-state index contributed by atoms with van der Waals surface area (Å²) in [6, 6.07) is 13.2. The quantitative estimate of drug-likeness (QED) is 0.143. The zero-order chi connectivity index (χ0) is 24.9. The van der Waals surface area contributed by atoms with Crippen molar-refractivity contribution < 1.29 is 19.1 Å². The van der Waals surface area contributed by atoms with Gasteiger partial charge in [-0.25, -0.2) is 4.98 Å². The van der Waals surface area contributed by atoms with Gasteiger partial charge in [-0.1, -0.05) is 38.5 Å². The average Bonchev–Trinajstić information content (AvgIpc) is 3.42. The molecule has 0 amide bonds. The molecule has 2 aromatic carbocycles. The summed E-state index contributed by atoms with van der Waals surface area (Å²) in [5.41, 5.74) is 3.26. The molecule has 3 aromatic rings. The van der Waals surface area contributed by atoms with Crippen molar-refractivity contribution in [2.75, 3.05) is 13.7 Å². The molecule has 0 spiro atoms. The fraction of sp³-hybridized carbons (Fsp3) is 0.414. The molecule has 0 fully saturated rings. The van der Waals surface area contributed by atoms with E-state index in [1.54, 1.807) is 12.5 Å². The van der Waals surface area contributed by atoms with Gasteiger partial charge >= 0.3 is 5.97 Å². The van der Waals surface area contributed by atoms with Gasteiger partial charge in [0.25, 0.3) is 0 Å². The molecule has 0 saturated carbocycles. The molecule has 0 radical (unpaired) electrons. The molecular formula is C29H36N2O4. The molecule has 0 aliphatic heterocycles. The van der Waals surface area contributed by atoms with Gasteiger partial charge in [-0.15, -0.1) is 0 Å². The Labute approximate surface area is 208 Å². The topological polar surface area (TPSA) is 70.4 Å². The maximum Gasteiger partial charge on any atom is 0.305 e. The van der Waals surface area contributed by atoms with E-state index in [2.05, 4.69) is 9.72 Å². The Kier molecular flexibility index (Phi) is 10.6. The predicted octanol–water partition coefficient (Wildman–Crippen LogP) is 6.47. The van der Waals surface area contributed by atoms with Crippen LogP contribution in [-0.2, 0) is 9.53 Å². The number of hydrogen-bond donors (Lipinski definition) is 0. The van der Waals surface area contributed by atoms with Crippen LogP contribution in [0.25, 0.3) is 5.69 Å². The number of benzene rings is 2. The molecular weight excluding hydrogens is 440 g/mol. The van der Waals surface area contributed by atoms with Gasteiger partial charge < -0.3 is 14.0 Å². The summed E-state index contributed by atoms with van der Waals surface area (Å²) >= 11 is 0. The second-order valence-corrected chi connectivity index (χ2v) is 8.83. The highest BCUT2D eigenvalue weighted by molar-refractivity contribution is 6.09. The Bertz CT molecular complexity index is 1060. The first kappa shape index (κ1) is 26.2. The zero-order valence-electron chi connectivity index (χ0n) is 20.9. The van der Waals surface area contributed by atoms with Gasteiger partial charge in [0, 0.05) is 35.6 Å². The van der Waals surface area contributed by atoms with Crippen LogP contribution in [0.4, 0.5) is 0 Å². The molecule has 0 saturated heterocycles. The van der Waals surface area contributed by atoms with Crippen LogP contribution in [0.2, 0.25) is 0 Å². The lowest BCUT2D eigenvalue weighted by Crippen LogP contribution is -2.04. The monoisotopic (exact) mass is 476 g/mol. The van der Waals surface area contributed by atoms with Crippen molar-refractivity contribution in [3.05, 3.63) is 77.9 Å². The van der Waals surface area contributed by atoms with E-state index >= 15 is 0 Å². The highest BCUT2D eigenvalue weighted by atomic mass is 16.5. The molecule has 0 unspecified atom stereocenters. The largest absolute Gasteiger partial charge is 0.493 e. The first-order chi connectivity index (χ1) is 17.1. The first-order valence-corrected chi connectivity index (χ1v) is 12.5. The number of carbonyl (C=O) groups excluding carboxylic acids is 2. The third kappa shape index (κ3) is 8.39. The van der Waals surface area contributed by atoms with Gasteiger partial charge in [-0.05, 0) is 67.8 Å². The second kappa shape index (κ2) is 14.1. The smallest absolute Gasteiger partial charge is 0.305 e. The summed E-state index contributed by atoms with van der Waals surface area (Å²) in [6.45, 7) is 2.66. The minimum Gasteiger partial charge on any atom is -0.493 e. The van der Waals surface area contributed by atoms with E-state index in [1.807, 2.05) is 60.2 Å². The number of carbonyl (C=O) groups is 2. The van der Waals surface area contributed by atoms with E-state index in [9.17, 15) is 9.59 Å². The number of aryl methyl sites for hydroxylation is 1. The number of rotatable bonds is 15.